The molecule has 0 fully saturated rings. The summed E-state index contributed by atoms with van der Waals surface area (Å²) in [6, 6.07) is 21.4. The van der Waals surface area contributed by atoms with Gasteiger partial charge >= 0.3 is 11.9 Å². The first kappa shape index (κ1) is 37.1. The number of carboxylic acid groups (broad SMARTS) is 1. The highest BCUT2D eigenvalue weighted by atomic mass is 127. The monoisotopic (exact) mass is 847 g/mol. The number of amides is 3. The van der Waals surface area contributed by atoms with Gasteiger partial charge in [0.1, 0.15) is 12.1 Å². The van der Waals surface area contributed by atoms with Crippen molar-refractivity contribution in [1.29, 1.82) is 0 Å². The standard InChI is InChI=1S/C36H29Cl3IN3O7/c37-23-10-4-20(5-11-23)30(33(45)41-18-2-1-3-29(44)50-32(36(48)49)22-8-14-25(39)15-9-22)43-31(21-6-12-24(38)13-7-21)34(46)42-28-17-16-26(40)19-27(28)35(43)47/h4-17,19,30-32H,1-3,18H2,(H,41,45)(H,42,46)(H,48,49). The number of benzene rings is 4. The molecule has 0 aliphatic carbocycles. The molecule has 3 N–H and O–H groups in total. The van der Waals surface area contributed by atoms with Gasteiger partial charge < -0.3 is 25.4 Å². The number of halogens is 4. The van der Waals surface area contributed by atoms with E-state index in [0.717, 1.165) is 3.57 Å². The Morgan fingerprint density at radius 1 is 0.840 bits per heavy atom. The topological polar surface area (TPSA) is 142 Å². The number of anilines is 1. The third-order valence-electron chi connectivity index (χ3n) is 7.88. The van der Waals surface area contributed by atoms with E-state index in [9.17, 15) is 29.1 Å². The third-order valence-corrected chi connectivity index (χ3v) is 9.31. The average molecular weight is 849 g/mol. The molecular weight excluding hydrogens is 820 g/mol. The van der Waals surface area contributed by atoms with Crippen molar-refractivity contribution < 1.29 is 33.8 Å². The number of rotatable bonds is 12. The number of hydrogen-bond donors (Lipinski definition) is 3. The van der Waals surface area contributed by atoms with Gasteiger partial charge in [-0.3, -0.25) is 19.2 Å². The molecule has 1 heterocycles. The Kier molecular flexibility index (Phi) is 12.4. The van der Waals surface area contributed by atoms with Gasteiger partial charge in [-0.2, -0.15) is 0 Å². The Bertz CT molecular complexity index is 1910. The lowest BCUT2D eigenvalue weighted by molar-refractivity contribution is -0.164. The second-order valence-corrected chi connectivity index (χ2v) is 13.9. The summed E-state index contributed by atoms with van der Waals surface area (Å²) in [5.74, 6) is -3.70. The van der Waals surface area contributed by atoms with Gasteiger partial charge in [-0.1, -0.05) is 71.2 Å². The Morgan fingerprint density at radius 3 is 2.02 bits per heavy atom. The number of carbonyl (C=O) groups is 5. The molecule has 4 aromatic rings. The number of fused-ring (bicyclic) bond motifs is 1. The van der Waals surface area contributed by atoms with Gasteiger partial charge in [0.15, 0.2) is 0 Å². The minimum absolute atomic E-state index is 0.101. The van der Waals surface area contributed by atoms with E-state index in [1.165, 1.54) is 29.2 Å². The van der Waals surface area contributed by atoms with E-state index in [2.05, 4.69) is 33.2 Å². The molecule has 1 aliphatic heterocycles. The Labute approximate surface area is 316 Å². The summed E-state index contributed by atoms with van der Waals surface area (Å²) < 4.78 is 5.96. The first-order valence-electron chi connectivity index (χ1n) is 15.3. The van der Waals surface area contributed by atoms with Crippen molar-refractivity contribution in [3.8, 4) is 0 Å². The molecule has 14 heteroatoms. The average Bonchev–Trinajstić information content (AvgIpc) is 3.18. The third kappa shape index (κ3) is 8.94. The first-order chi connectivity index (χ1) is 23.9. The van der Waals surface area contributed by atoms with Crippen LogP contribution in [0.3, 0.4) is 0 Å². The highest BCUT2D eigenvalue weighted by Crippen LogP contribution is 2.38. The maximum Gasteiger partial charge on any atom is 0.349 e. The summed E-state index contributed by atoms with van der Waals surface area (Å²) in [4.78, 5) is 68.1. The van der Waals surface area contributed by atoms with E-state index in [1.54, 1.807) is 66.7 Å². The smallest absolute Gasteiger partial charge is 0.349 e. The quantitative estimate of drug-likeness (QED) is 0.0751. The van der Waals surface area contributed by atoms with Crippen LogP contribution in [0.25, 0.3) is 0 Å². The zero-order chi connectivity index (χ0) is 35.9. The number of aliphatic carboxylic acids is 1. The van der Waals surface area contributed by atoms with Crippen LogP contribution in [-0.2, 0) is 23.9 Å². The van der Waals surface area contributed by atoms with Crippen LogP contribution >= 0.6 is 57.4 Å². The summed E-state index contributed by atoms with van der Waals surface area (Å²) >= 11 is 20.3. The lowest BCUT2D eigenvalue weighted by atomic mass is 9.97. The molecule has 1 aliphatic rings. The fourth-order valence-electron chi connectivity index (χ4n) is 5.48. The van der Waals surface area contributed by atoms with Gasteiger partial charge in [-0.25, -0.2) is 4.79 Å². The molecule has 3 atom stereocenters. The molecule has 0 bridgehead atoms. The van der Waals surface area contributed by atoms with Crippen LogP contribution in [0.15, 0.2) is 91.0 Å². The van der Waals surface area contributed by atoms with E-state index in [1.807, 2.05) is 0 Å². The number of hydrogen-bond acceptors (Lipinski definition) is 6. The highest BCUT2D eigenvalue weighted by Gasteiger charge is 2.43. The maximum absolute atomic E-state index is 14.5. The van der Waals surface area contributed by atoms with E-state index < -0.39 is 47.8 Å². The van der Waals surface area contributed by atoms with E-state index >= 15 is 0 Å². The molecule has 258 valence electrons. The molecular formula is C36H29Cl3IN3O7. The molecule has 0 saturated carbocycles. The first-order valence-corrected chi connectivity index (χ1v) is 17.5. The van der Waals surface area contributed by atoms with E-state index in [0.29, 0.717) is 38.3 Å². The minimum atomic E-state index is -1.50. The Balaban J connectivity index is 1.36. The van der Waals surface area contributed by atoms with Gasteiger partial charge in [0.05, 0.1) is 11.3 Å². The summed E-state index contributed by atoms with van der Waals surface area (Å²) in [6.45, 7) is 0.101. The largest absolute Gasteiger partial charge is 0.478 e. The van der Waals surface area contributed by atoms with Crippen LogP contribution < -0.4 is 10.6 Å². The number of esters is 1. The fraction of sp³-hybridized carbons (Fsp3) is 0.194. The van der Waals surface area contributed by atoms with Crippen molar-refractivity contribution in [2.45, 2.75) is 37.5 Å². The molecule has 3 amide bonds. The maximum atomic E-state index is 14.5. The highest BCUT2D eigenvalue weighted by molar-refractivity contribution is 14.1. The number of nitrogens with one attached hydrogen (secondary N) is 2. The van der Waals surface area contributed by atoms with Crippen molar-refractivity contribution in [3.63, 3.8) is 0 Å². The molecule has 0 spiro atoms. The summed E-state index contributed by atoms with van der Waals surface area (Å²) in [7, 11) is 0. The minimum Gasteiger partial charge on any atom is -0.478 e. The molecule has 10 nitrogen and oxygen atoms in total. The second-order valence-electron chi connectivity index (χ2n) is 11.3. The fourth-order valence-corrected chi connectivity index (χ4v) is 6.35. The number of carbonyl (C=O) groups excluding carboxylic acids is 4. The number of unbranched alkanes of at least 4 members (excludes halogenated alkanes) is 1. The van der Waals surface area contributed by atoms with Crippen molar-refractivity contribution in [2.75, 3.05) is 11.9 Å². The molecule has 0 radical (unpaired) electrons. The zero-order valence-electron chi connectivity index (χ0n) is 26.1. The zero-order valence-corrected chi connectivity index (χ0v) is 30.5. The van der Waals surface area contributed by atoms with Crippen LogP contribution in [0.5, 0.6) is 0 Å². The molecule has 0 saturated heterocycles. The summed E-state index contributed by atoms with van der Waals surface area (Å²) in [5.41, 5.74) is 1.63. The SMILES string of the molecule is O=C(CCCCNC(=O)C(c1ccc(Cl)cc1)N1C(=O)c2cc(I)ccc2NC(=O)C1c1ccc(Cl)cc1)OC(C(=O)O)c1ccc(Cl)cc1. The van der Waals surface area contributed by atoms with Gasteiger partial charge in [0.25, 0.3) is 11.8 Å². The van der Waals surface area contributed by atoms with E-state index in [4.69, 9.17) is 39.5 Å². The second kappa shape index (κ2) is 16.7. The van der Waals surface area contributed by atoms with Crippen molar-refractivity contribution in [1.82, 2.24) is 10.2 Å². The normalized spacial score (nSPS) is 15.3. The van der Waals surface area contributed by atoms with Crippen LogP contribution in [0.4, 0.5) is 5.69 Å². The lowest BCUT2D eigenvalue weighted by Crippen LogP contribution is -2.47. The van der Waals surface area contributed by atoms with Crippen molar-refractivity contribution in [2.24, 2.45) is 0 Å². The molecule has 5 rings (SSSR count). The van der Waals surface area contributed by atoms with Gasteiger partial charge in [-0.15, -0.1) is 0 Å². The summed E-state index contributed by atoms with van der Waals surface area (Å²) in [6.07, 6.45) is -1.01. The van der Waals surface area contributed by atoms with Gasteiger partial charge in [-0.05, 0) is 101 Å². The van der Waals surface area contributed by atoms with Crippen LogP contribution in [-0.4, -0.2) is 46.2 Å². The predicted octanol–water partition coefficient (Wildman–Crippen LogP) is 7.78. The Morgan fingerprint density at radius 2 is 1.42 bits per heavy atom. The molecule has 3 unspecified atom stereocenters. The molecule has 0 aromatic heterocycles. The van der Waals surface area contributed by atoms with Gasteiger partial charge in [0.2, 0.25) is 12.0 Å². The number of carboxylic acids is 1. The number of ether oxygens (including phenoxy) is 1. The molecule has 50 heavy (non-hydrogen) atoms. The van der Waals surface area contributed by atoms with Crippen LogP contribution in [0, 0.1) is 3.57 Å². The lowest BCUT2D eigenvalue weighted by Gasteiger charge is -2.35. The van der Waals surface area contributed by atoms with Crippen molar-refractivity contribution >= 4 is 92.7 Å². The van der Waals surface area contributed by atoms with Crippen LogP contribution in [0.2, 0.25) is 15.1 Å². The van der Waals surface area contributed by atoms with E-state index in [-0.39, 0.29) is 30.5 Å². The summed E-state index contributed by atoms with van der Waals surface area (Å²) in [5, 5.41) is 16.5. The van der Waals surface area contributed by atoms with Crippen molar-refractivity contribution in [3.05, 3.63) is 132 Å². The number of nitrogens with zero attached hydrogens (tertiary/aromatic N) is 1. The molecule has 4 aromatic carbocycles. The van der Waals surface area contributed by atoms with Gasteiger partial charge in [0, 0.05) is 37.2 Å². The Hall–Kier alpha value is -4.17. The van der Waals surface area contributed by atoms with Crippen LogP contribution in [0.1, 0.15) is 64.5 Å². The predicted molar refractivity (Wildman–Crippen MR) is 197 cm³/mol.